The predicted octanol–water partition coefficient (Wildman–Crippen LogP) is 2.28. The van der Waals surface area contributed by atoms with E-state index in [0.29, 0.717) is 6.61 Å². The fourth-order valence-corrected chi connectivity index (χ4v) is 1.31. The highest BCUT2D eigenvalue weighted by Crippen LogP contribution is 2.15. The SMILES string of the molecule is CCOC(=O)CNc1cc(C)ccc1C. The van der Waals surface area contributed by atoms with E-state index < -0.39 is 0 Å². The summed E-state index contributed by atoms with van der Waals surface area (Å²) in [6, 6.07) is 6.10. The Morgan fingerprint density at radius 1 is 1.40 bits per heavy atom. The second-order valence-corrected chi connectivity index (χ2v) is 3.48. The number of esters is 1. The quantitative estimate of drug-likeness (QED) is 0.770. The summed E-state index contributed by atoms with van der Waals surface area (Å²) in [5.41, 5.74) is 3.29. The Kier molecular flexibility index (Phi) is 4.16. The van der Waals surface area contributed by atoms with E-state index >= 15 is 0 Å². The number of carbonyl (C=O) groups excluding carboxylic acids is 1. The summed E-state index contributed by atoms with van der Waals surface area (Å²) < 4.78 is 4.83. The molecule has 0 saturated heterocycles. The van der Waals surface area contributed by atoms with Crippen molar-refractivity contribution in [2.24, 2.45) is 0 Å². The van der Waals surface area contributed by atoms with E-state index in [1.807, 2.05) is 32.0 Å². The van der Waals surface area contributed by atoms with Crippen molar-refractivity contribution in [1.29, 1.82) is 0 Å². The van der Waals surface area contributed by atoms with Crippen LogP contribution in [0.15, 0.2) is 18.2 Å². The van der Waals surface area contributed by atoms with Crippen molar-refractivity contribution in [2.45, 2.75) is 20.8 Å². The van der Waals surface area contributed by atoms with E-state index in [1.165, 1.54) is 5.56 Å². The van der Waals surface area contributed by atoms with Crippen LogP contribution in [0.1, 0.15) is 18.1 Å². The molecule has 1 N–H and O–H groups in total. The van der Waals surface area contributed by atoms with Crippen molar-refractivity contribution in [2.75, 3.05) is 18.5 Å². The third-order valence-electron chi connectivity index (χ3n) is 2.12. The monoisotopic (exact) mass is 207 g/mol. The van der Waals surface area contributed by atoms with Gasteiger partial charge in [0.1, 0.15) is 6.54 Å². The molecule has 0 aliphatic rings. The van der Waals surface area contributed by atoms with Gasteiger partial charge in [0, 0.05) is 5.69 Å². The first-order valence-electron chi connectivity index (χ1n) is 5.10. The van der Waals surface area contributed by atoms with Gasteiger partial charge >= 0.3 is 5.97 Å². The van der Waals surface area contributed by atoms with Gasteiger partial charge in [-0.25, -0.2) is 0 Å². The molecule has 0 aliphatic carbocycles. The molecule has 0 fully saturated rings. The van der Waals surface area contributed by atoms with E-state index in [-0.39, 0.29) is 12.5 Å². The lowest BCUT2D eigenvalue weighted by Gasteiger charge is -2.09. The minimum atomic E-state index is -0.224. The van der Waals surface area contributed by atoms with Crippen LogP contribution in [0.2, 0.25) is 0 Å². The zero-order valence-electron chi connectivity index (χ0n) is 9.46. The first-order chi connectivity index (χ1) is 7.13. The zero-order valence-corrected chi connectivity index (χ0v) is 9.46. The Morgan fingerprint density at radius 2 is 2.13 bits per heavy atom. The number of aryl methyl sites for hydroxylation is 2. The number of carbonyl (C=O) groups is 1. The molecule has 82 valence electrons. The van der Waals surface area contributed by atoms with E-state index in [1.54, 1.807) is 6.92 Å². The number of ether oxygens (including phenoxy) is 1. The summed E-state index contributed by atoms with van der Waals surface area (Å²) >= 11 is 0. The molecule has 0 unspecified atom stereocenters. The van der Waals surface area contributed by atoms with Crippen LogP contribution in [-0.2, 0) is 9.53 Å². The molecule has 1 aromatic rings. The highest BCUT2D eigenvalue weighted by molar-refractivity contribution is 5.75. The molecular formula is C12H17NO2. The van der Waals surface area contributed by atoms with E-state index in [0.717, 1.165) is 11.3 Å². The Labute approximate surface area is 90.4 Å². The Balaban J connectivity index is 2.57. The van der Waals surface area contributed by atoms with Gasteiger partial charge in [0.25, 0.3) is 0 Å². The fourth-order valence-electron chi connectivity index (χ4n) is 1.31. The molecular weight excluding hydrogens is 190 g/mol. The molecule has 0 aliphatic heterocycles. The van der Waals surface area contributed by atoms with Crippen LogP contribution in [0.4, 0.5) is 5.69 Å². The average Bonchev–Trinajstić information content (AvgIpc) is 2.20. The Morgan fingerprint density at radius 3 is 2.80 bits per heavy atom. The van der Waals surface area contributed by atoms with Crippen LogP contribution < -0.4 is 5.32 Å². The number of nitrogens with one attached hydrogen (secondary N) is 1. The van der Waals surface area contributed by atoms with E-state index in [4.69, 9.17) is 4.74 Å². The van der Waals surface area contributed by atoms with Gasteiger partial charge in [-0.15, -0.1) is 0 Å². The molecule has 0 bridgehead atoms. The first-order valence-corrected chi connectivity index (χ1v) is 5.10. The maximum atomic E-state index is 11.1. The summed E-state index contributed by atoms with van der Waals surface area (Å²) in [5, 5.41) is 3.06. The second-order valence-electron chi connectivity index (χ2n) is 3.48. The Bertz CT molecular complexity index is 347. The number of hydrogen-bond acceptors (Lipinski definition) is 3. The van der Waals surface area contributed by atoms with Crippen molar-refractivity contribution in [1.82, 2.24) is 0 Å². The van der Waals surface area contributed by atoms with Crippen LogP contribution in [0, 0.1) is 13.8 Å². The highest BCUT2D eigenvalue weighted by Gasteiger charge is 2.03. The van der Waals surface area contributed by atoms with Crippen molar-refractivity contribution < 1.29 is 9.53 Å². The molecule has 0 atom stereocenters. The predicted molar refractivity (Wildman–Crippen MR) is 61.0 cm³/mol. The van der Waals surface area contributed by atoms with Crippen LogP contribution >= 0.6 is 0 Å². The van der Waals surface area contributed by atoms with Crippen molar-refractivity contribution in [3.8, 4) is 0 Å². The van der Waals surface area contributed by atoms with Crippen molar-refractivity contribution >= 4 is 11.7 Å². The molecule has 0 heterocycles. The van der Waals surface area contributed by atoms with Crippen LogP contribution in [0.5, 0.6) is 0 Å². The molecule has 3 heteroatoms. The second kappa shape index (κ2) is 5.39. The fraction of sp³-hybridized carbons (Fsp3) is 0.417. The summed E-state index contributed by atoms with van der Waals surface area (Å²) in [7, 11) is 0. The third kappa shape index (κ3) is 3.62. The number of rotatable bonds is 4. The summed E-state index contributed by atoms with van der Waals surface area (Å²) in [4.78, 5) is 11.1. The number of anilines is 1. The van der Waals surface area contributed by atoms with E-state index in [2.05, 4.69) is 5.32 Å². The molecule has 1 aromatic carbocycles. The van der Waals surface area contributed by atoms with Crippen LogP contribution in [0.3, 0.4) is 0 Å². The third-order valence-corrected chi connectivity index (χ3v) is 2.12. The number of hydrogen-bond donors (Lipinski definition) is 1. The molecule has 0 spiro atoms. The molecule has 1 rings (SSSR count). The molecule has 0 radical (unpaired) electrons. The average molecular weight is 207 g/mol. The van der Waals surface area contributed by atoms with Gasteiger partial charge in [-0.2, -0.15) is 0 Å². The van der Waals surface area contributed by atoms with Crippen LogP contribution in [-0.4, -0.2) is 19.1 Å². The van der Waals surface area contributed by atoms with Gasteiger partial charge in [0.15, 0.2) is 0 Å². The number of benzene rings is 1. The largest absolute Gasteiger partial charge is 0.465 e. The van der Waals surface area contributed by atoms with Gasteiger partial charge in [0.05, 0.1) is 6.61 Å². The standard InChI is InChI=1S/C12H17NO2/c1-4-15-12(14)8-13-11-7-9(2)5-6-10(11)3/h5-7,13H,4,8H2,1-3H3. The normalized spacial score (nSPS) is 9.80. The van der Waals surface area contributed by atoms with E-state index in [9.17, 15) is 4.79 Å². The molecule has 0 aromatic heterocycles. The molecule has 3 nitrogen and oxygen atoms in total. The first kappa shape index (κ1) is 11.6. The topological polar surface area (TPSA) is 38.3 Å². The minimum Gasteiger partial charge on any atom is -0.465 e. The lowest BCUT2D eigenvalue weighted by atomic mass is 10.1. The zero-order chi connectivity index (χ0) is 11.3. The minimum absolute atomic E-state index is 0.220. The van der Waals surface area contributed by atoms with Gasteiger partial charge in [0.2, 0.25) is 0 Å². The highest BCUT2D eigenvalue weighted by atomic mass is 16.5. The van der Waals surface area contributed by atoms with Gasteiger partial charge < -0.3 is 10.1 Å². The summed E-state index contributed by atoms with van der Waals surface area (Å²) in [6.07, 6.45) is 0. The van der Waals surface area contributed by atoms with Gasteiger partial charge in [-0.1, -0.05) is 12.1 Å². The Hall–Kier alpha value is -1.51. The maximum Gasteiger partial charge on any atom is 0.325 e. The summed E-state index contributed by atoms with van der Waals surface area (Å²) in [6.45, 7) is 6.48. The van der Waals surface area contributed by atoms with Gasteiger partial charge in [-0.3, -0.25) is 4.79 Å². The van der Waals surface area contributed by atoms with Gasteiger partial charge in [-0.05, 0) is 38.0 Å². The maximum absolute atomic E-state index is 11.1. The van der Waals surface area contributed by atoms with Crippen molar-refractivity contribution in [3.63, 3.8) is 0 Å². The van der Waals surface area contributed by atoms with Crippen molar-refractivity contribution in [3.05, 3.63) is 29.3 Å². The van der Waals surface area contributed by atoms with Crippen LogP contribution in [0.25, 0.3) is 0 Å². The lowest BCUT2D eigenvalue weighted by molar-refractivity contribution is -0.140. The summed E-state index contributed by atoms with van der Waals surface area (Å²) in [5.74, 6) is -0.224. The molecule has 0 saturated carbocycles. The lowest BCUT2D eigenvalue weighted by Crippen LogP contribution is -2.17. The molecule has 0 amide bonds. The molecule has 15 heavy (non-hydrogen) atoms. The smallest absolute Gasteiger partial charge is 0.325 e.